The molecule has 1 rings (SSSR count). The Labute approximate surface area is 121 Å². The number of aromatic nitrogens is 1. The lowest BCUT2D eigenvalue weighted by Gasteiger charge is -2.27. The molecule has 0 aliphatic carbocycles. The van der Waals surface area contributed by atoms with Crippen molar-refractivity contribution in [3.63, 3.8) is 0 Å². The molecule has 0 saturated heterocycles. The van der Waals surface area contributed by atoms with Gasteiger partial charge in [-0.3, -0.25) is 20.4 Å². The number of hydrazine groups is 1. The van der Waals surface area contributed by atoms with Crippen molar-refractivity contribution in [3.8, 4) is 0 Å². The quantitative estimate of drug-likeness (QED) is 0.540. The van der Waals surface area contributed by atoms with E-state index in [0.29, 0.717) is 5.82 Å². The van der Waals surface area contributed by atoms with Gasteiger partial charge in [0.1, 0.15) is 11.9 Å². The van der Waals surface area contributed by atoms with Gasteiger partial charge >= 0.3 is 5.97 Å². The second-order valence-corrected chi connectivity index (χ2v) is 6.23. The first-order chi connectivity index (χ1) is 9.33. The van der Waals surface area contributed by atoms with Crippen LogP contribution in [0.5, 0.6) is 0 Å². The SMILES string of the molecule is CC(C)(SCC(=O)NNc1ccccn1)[C@H](N)C(=O)O. The standard InChI is InChI=1S/C12H18N4O3S/c1-12(2,10(13)11(18)19)20-7-9(17)16-15-8-5-3-4-6-14-8/h3-6,10H,7,13H2,1-2H3,(H,14,15)(H,16,17)(H,18,19)/t10-/m1/s1. The predicted molar refractivity (Wildman–Crippen MR) is 78.2 cm³/mol. The van der Waals surface area contributed by atoms with Crippen molar-refractivity contribution in [2.45, 2.75) is 24.6 Å². The molecule has 0 spiro atoms. The Bertz CT molecular complexity index is 467. The number of carbonyl (C=O) groups excluding carboxylic acids is 1. The van der Waals surface area contributed by atoms with Crippen LogP contribution in [0.4, 0.5) is 5.82 Å². The highest BCUT2D eigenvalue weighted by atomic mass is 32.2. The number of nitrogens with one attached hydrogen (secondary N) is 2. The summed E-state index contributed by atoms with van der Waals surface area (Å²) in [6.45, 7) is 3.38. The first-order valence-electron chi connectivity index (χ1n) is 5.91. The van der Waals surface area contributed by atoms with E-state index in [0.717, 1.165) is 0 Å². The molecule has 7 nitrogen and oxygen atoms in total. The Morgan fingerprint density at radius 1 is 1.50 bits per heavy atom. The topological polar surface area (TPSA) is 117 Å². The monoisotopic (exact) mass is 298 g/mol. The van der Waals surface area contributed by atoms with Crippen molar-refractivity contribution in [1.82, 2.24) is 10.4 Å². The molecule has 1 atom stereocenters. The number of carboxylic acid groups (broad SMARTS) is 1. The second-order valence-electron chi connectivity index (χ2n) is 4.60. The van der Waals surface area contributed by atoms with E-state index in [1.54, 1.807) is 38.2 Å². The normalized spacial score (nSPS) is 12.6. The zero-order chi connectivity index (χ0) is 15.2. The first kappa shape index (κ1) is 16.3. The molecule has 110 valence electrons. The number of hydrogen-bond acceptors (Lipinski definition) is 6. The zero-order valence-electron chi connectivity index (χ0n) is 11.3. The molecule has 0 bridgehead atoms. The van der Waals surface area contributed by atoms with Crippen LogP contribution in [0.3, 0.4) is 0 Å². The van der Waals surface area contributed by atoms with Crippen LogP contribution in [0.15, 0.2) is 24.4 Å². The van der Waals surface area contributed by atoms with Gasteiger partial charge in [-0.25, -0.2) is 4.98 Å². The maximum Gasteiger partial charge on any atom is 0.321 e. The molecule has 0 unspecified atom stereocenters. The molecule has 1 amide bonds. The predicted octanol–water partition coefficient (Wildman–Crippen LogP) is 0.448. The van der Waals surface area contributed by atoms with Gasteiger partial charge in [-0.1, -0.05) is 6.07 Å². The summed E-state index contributed by atoms with van der Waals surface area (Å²) in [5.41, 5.74) is 10.7. The lowest BCUT2D eigenvalue weighted by Crippen LogP contribution is -2.47. The van der Waals surface area contributed by atoms with Gasteiger partial charge in [-0.15, -0.1) is 11.8 Å². The van der Waals surface area contributed by atoms with Gasteiger partial charge in [-0.05, 0) is 26.0 Å². The maximum absolute atomic E-state index is 11.6. The molecular weight excluding hydrogens is 280 g/mol. The molecule has 8 heteroatoms. The Morgan fingerprint density at radius 3 is 2.75 bits per heavy atom. The Hall–Kier alpha value is -1.80. The van der Waals surface area contributed by atoms with Crippen LogP contribution in [0, 0.1) is 0 Å². The minimum atomic E-state index is -1.09. The summed E-state index contributed by atoms with van der Waals surface area (Å²) in [6, 6.07) is 4.21. The van der Waals surface area contributed by atoms with Crippen molar-refractivity contribution in [2.75, 3.05) is 11.2 Å². The second kappa shape index (κ2) is 7.11. The zero-order valence-corrected chi connectivity index (χ0v) is 12.1. The largest absolute Gasteiger partial charge is 0.480 e. The molecule has 0 aromatic carbocycles. The molecule has 1 aromatic heterocycles. The molecule has 0 fully saturated rings. The summed E-state index contributed by atoms with van der Waals surface area (Å²) in [4.78, 5) is 26.5. The number of aliphatic carboxylic acids is 1. The maximum atomic E-state index is 11.6. The van der Waals surface area contributed by atoms with E-state index in [1.165, 1.54) is 11.8 Å². The molecular formula is C12H18N4O3S. The summed E-state index contributed by atoms with van der Waals surface area (Å²) in [5.74, 6) is -0.762. The minimum Gasteiger partial charge on any atom is -0.480 e. The Morgan fingerprint density at radius 2 is 2.20 bits per heavy atom. The van der Waals surface area contributed by atoms with Gasteiger partial charge in [0.25, 0.3) is 0 Å². The Kier molecular flexibility index (Phi) is 5.78. The third kappa shape index (κ3) is 5.06. The molecule has 0 aliphatic rings. The molecule has 0 saturated carbocycles. The summed E-state index contributed by atoms with van der Waals surface area (Å²) >= 11 is 1.18. The number of pyridine rings is 1. The Balaban J connectivity index is 2.38. The van der Waals surface area contributed by atoms with E-state index in [2.05, 4.69) is 15.8 Å². The van der Waals surface area contributed by atoms with E-state index in [1.807, 2.05) is 0 Å². The van der Waals surface area contributed by atoms with Crippen LogP contribution < -0.4 is 16.6 Å². The summed E-state index contributed by atoms with van der Waals surface area (Å²) in [7, 11) is 0. The van der Waals surface area contributed by atoms with Crippen molar-refractivity contribution in [3.05, 3.63) is 24.4 Å². The number of carbonyl (C=O) groups is 2. The average Bonchev–Trinajstić information content (AvgIpc) is 2.43. The van der Waals surface area contributed by atoms with Crippen molar-refractivity contribution >= 4 is 29.5 Å². The molecule has 1 aromatic rings. The number of nitrogens with two attached hydrogens (primary N) is 1. The fourth-order valence-electron chi connectivity index (χ4n) is 1.25. The summed E-state index contributed by atoms with van der Waals surface area (Å²) in [6.07, 6.45) is 1.60. The van der Waals surface area contributed by atoms with Gasteiger partial charge in [0.2, 0.25) is 5.91 Å². The van der Waals surface area contributed by atoms with E-state index in [9.17, 15) is 9.59 Å². The van der Waals surface area contributed by atoms with Gasteiger partial charge < -0.3 is 10.8 Å². The van der Waals surface area contributed by atoms with Crippen molar-refractivity contribution < 1.29 is 14.7 Å². The van der Waals surface area contributed by atoms with Gasteiger partial charge in [0.15, 0.2) is 0 Å². The first-order valence-corrected chi connectivity index (χ1v) is 6.89. The van der Waals surface area contributed by atoms with Crippen molar-refractivity contribution in [1.29, 1.82) is 0 Å². The highest BCUT2D eigenvalue weighted by Gasteiger charge is 2.33. The number of anilines is 1. The number of hydrogen-bond donors (Lipinski definition) is 4. The van der Waals surface area contributed by atoms with Crippen LogP contribution >= 0.6 is 11.8 Å². The highest BCUT2D eigenvalue weighted by molar-refractivity contribution is 8.01. The lowest BCUT2D eigenvalue weighted by molar-refractivity contribution is -0.139. The molecule has 20 heavy (non-hydrogen) atoms. The lowest BCUT2D eigenvalue weighted by atomic mass is 10.1. The molecule has 1 heterocycles. The highest BCUT2D eigenvalue weighted by Crippen LogP contribution is 2.27. The van der Waals surface area contributed by atoms with E-state index in [-0.39, 0.29) is 11.7 Å². The van der Waals surface area contributed by atoms with Crippen LogP contribution in [-0.4, -0.2) is 38.5 Å². The van der Waals surface area contributed by atoms with Crippen LogP contribution in [0.25, 0.3) is 0 Å². The van der Waals surface area contributed by atoms with Crippen LogP contribution in [-0.2, 0) is 9.59 Å². The fraction of sp³-hybridized carbons (Fsp3) is 0.417. The van der Waals surface area contributed by atoms with E-state index >= 15 is 0 Å². The number of amides is 1. The van der Waals surface area contributed by atoms with Gasteiger partial charge in [0.05, 0.1) is 5.75 Å². The third-order valence-corrected chi connectivity index (χ3v) is 3.99. The molecule has 0 radical (unpaired) electrons. The third-order valence-electron chi connectivity index (χ3n) is 2.59. The van der Waals surface area contributed by atoms with E-state index in [4.69, 9.17) is 10.8 Å². The molecule has 5 N–H and O–H groups in total. The van der Waals surface area contributed by atoms with Crippen LogP contribution in [0.1, 0.15) is 13.8 Å². The number of rotatable bonds is 7. The molecule has 0 aliphatic heterocycles. The number of carboxylic acids is 1. The number of thioether (sulfide) groups is 1. The van der Waals surface area contributed by atoms with Crippen molar-refractivity contribution in [2.24, 2.45) is 5.73 Å². The van der Waals surface area contributed by atoms with Gasteiger partial charge in [-0.2, -0.15) is 0 Å². The minimum absolute atomic E-state index is 0.0911. The summed E-state index contributed by atoms with van der Waals surface area (Å²) in [5, 5.41) is 8.88. The van der Waals surface area contributed by atoms with Crippen LogP contribution in [0.2, 0.25) is 0 Å². The van der Waals surface area contributed by atoms with E-state index < -0.39 is 16.8 Å². The smallest absolute Gasteiger partial charge is 0.321 e. The number of nitrogens with zero attached hydrogens (tertiary/aromatic N) is 1. The van der Waals surface area contributed by atoms with Gasteiger partial charge in [0, 0.05) is 10.9 Å². The summed E-state index contributed by atoms with van der Waals surface area (Å²) < 4.78 is -0.742. The average molecular weight is 298 g/mol. The fourth-order valence-corrected chi connectivity index (χ4v) is 2.10.